The Bertz CT molecular complexity index is 311. The maximum Gasteiger partial charge on any atom is 0.393 e. The molecule has 0 aromatic rings. The molecule has 0 aliphatic carbocycles. The Kier molecular flexibility index (Phi) is 5.00. The van der Waals surface area contributed by atoms with E-state index in [1.54, 1.807) is 11.8 Å². The Balaban J connectivity index is 2.51. The van der Waals surface area contributed by atoms with Crippen molar-refractivity contribution in [1.82, 2.24) is 10.2 Å². The van der Waals surface area contributed by atoms with Gasteiger partial charge in [-0.15, -0.1) is 0 Å². The summed E-state index contributed by atoms with van der Waals surface area (Å²) in [5.74, 6) is -1.24. The van der Waals surface area contributed by atoms with E-state index in [4.69, 9.17) is 5.26 Å². The van der Waals surface area contributed by atoms with Gasteiger partial charge in [0.2, 0.25) is 0 Å². The predicted molar refractivity (Wildman–Crippen MR) is 62.9 cm³/mol. The molecule has 0 aromatic carbocycles. The van der Waals surface area contributed by atoms with Crippen LogP contribution in [0.15, 0.2) is 0 Å². The number of nitrogens with one attached hydrogen (secondary N) is 1. The van der Waals surface area contributed by atoms with Crippen molar-refractivity contribution in [3.63, 3.8) is 0 Å². The zero-order chi connectivity index (χ0) is 13.8. The van der Waals surface area contributed by atoms with Crippen LogP contribution in [0.4, 0.5) is 13.2 Å². The summed E-state index contributed by atoms with van der Waals surface area (Å²) >= 11 is 0. The van der Waals surface area contributed by atoms with Gasteiger partial charge in [0.15, 0.2) is 0 Å². The van der Waals surface area contributed by atoms with Crippen LogP contribution in [0.3, 0.4) is 0 Å². The van der Waals surface area contributed by atoms with Gasteiger partial charge in [-0.1, -0.05) is 6.92 Å². The molecule has 1 rings (SSSR count). The van der Waals surface area contributed by atoms with Gasteiger partial charge >= 0.3 is 6.18 Å². The summed E-state index contributed by atoms with van der Waals surface area (Å²) in [4.78, 5) is 1.73. The molecule has 104 valence electrons. The van der Waals surface area contributed by atoms with E-state index in [0.717, 1.165) is 6.42 Å². The molecular formula is C12H20F3N3. The van der Waals surface area contributed by atoms with Crippen LogP contribution in [0.25, 0.3) is 0 Å². The number of alkyl halides is 3. The molecule has 1 N–H and O–H groups in total. The van der Waals surface area contributed by atoms with Crippen LogP contribution >= 0.6 is 0 Å². The van der Waals surface area contributed by atoms with Crippen molar-refractivity contribution in [2.75, 3.05) is 26.2 Å². The fourth-order valence-corrected chi connectivity index (χ4v) is 2.22. The lowest BCUT2D eigenvalue weighted by Gasteiger charge is -2.29. The number of likely N-dealkylation sites (tertiary alicyclic amines) is 1. The summed E-state index contributed by atoms with van der Waals surface area (Å²) in [6, 6.07) is 2.16. The number of halogens is 3. The van der Waals surface area contributed by atoms with Crippen molar-refractivity contribution in [2.24, 2.45) is 5.92 Å². The van der Waals surface area contributed by atoms with Crippen molar-refractivity contribution in [2.45, 2.75) is 38.4 Å². The Hall–Kier alpha value is -0.800. The van der Waals surface area contributed by atoms with Gasteiger partial charge in [-0.2, -0.15) is 18.4 Å². The predicted octanol–water partition coefficient (Wildman–Crippen LogP) is 2.15. The number of rotatable bonds is 5. The number of nitrogens with zero attached hydrogens (tertiary/aromatic N) is 2. The summed E-state index contributed by atoms with van der Waals surface area (Å²) in [5.41, 5.74) is -0.767. The van der Waals surface area contributed by atoms with E-state index >= 15 is 0 Å². The number of hydrogen-bond donors (Lipinski definition) is 1. The summed E-state index contributed by atoms with van der Waals surface area (Å²) in [6.07, 6.45) is -3.09. The molecule has 1 saturated heterocycles. The molecule has 1 heterocycles. The monoisotopic (exact) mass is 263 g/mol. The van der Waals surface area contributed by atoms with Gasteiger partial charge in [0.25, 0.3) is 0 Å². The van der Waals surface area contributed by atoms with Crippen LogP contribution in [0.1, 0.15) is 26.7 Å². The lowest BCUT2D eigenvalue weighted by atomic mass is 10.0. The van der Waals surface area contributed by atoms with E-state index in [-0.39, 0.29) is 13.0 Å². The van der Waals surface area contributed by atoms with Gasteiger partial charge in [-0.05, 0) is 32.9 Å². The third kappa shape index (κ3) is 4.14. The zero-order valence-electron chi connectivity index (χ0n) is 10.8. The second kappa shape index (κ2) is 5.89. The van der Waals surface area contributed by atoms with Crippen LogP contribution in [-0.4, -0.2) is 42.8 Å². The topological polar surface area (TPSA) is 39.1 Å². The molecule has 0 bridgehead atoms. The minimum absolute atomic E-state index is 0.00851. The first-order valence-corrected chi connectivity index (χ1v) is 6.26. The Morgan fingerprint density at radius 1 is 1.44 bits per heavy atom. The highest BCUT2D eigenvalue weighted by Crippen LogP contribution is 2.33. The fourth-order valence-electron chi connectivity index (χ4n) is 2.22. The molecule has 2 atom stereocenters. The quantitative estimate of drug-likeness (QED) is 0.826. The van der Waals surface area contributed by atoms with Crippen molar-refractivity contribution in [3.8, 4) is 6.07 Å². The third-order valence-electron chi connectivity index (χ3n) is 3.29. The molecule has 18 heavy (non-hydrogen) atoms. The molecule has 1 aliphatic rings. The number of hydrogen-bond acceptors (Lipinski definition) is 3. The zero-order valence-corrected chi connectivity index (χ0v) is 10.8. The Morgan fingerprint density at radius 3 is 2.56 bits per heavy atom. The standard InChI is InChI=1S/C12H20F3N3/c1-3-5-17-11(2,8-16)9-18-6-4-10(7-18)12(13,14)15/h10,17H,3-7,9H2,1-2H3. The summed E-state index contributed by atoms with van der Waals surface area (Å²) in [5, 5.41) is 12.2. The van der Waals surface area contributed by atoms with Crippen molar-refractivity contribution >= 4 is 0 Å². The maximum atomic E-state index is 12.5. The van der Waals surface area contributed by atoms with Crippen LogP contribution < -0.4 is 5.32 Å². The van der Waals surface area contributed by atoms with Gasteiger partial charge in [0, 0.05) is 13.1 Å². The van der Waals surface area contributed by atoms with E-state index in [2.05, 4.69) is 11.4 Å². The van der Waals surface area contributed by atoms with Crippen LogP contribution in [0.2, 0.25) is 0 Å². The third-order valence-corrected chi connectivity index (χ3v) is 3.29. The molecule has 2 unspecified atom stereocenters. The van der Waals surface area contributed by atoms with E-state index < -0.39 is 17.6 Å². The highest BCUT2D eigenvalue weighted by molar-refractivity contribution is 5.06. The molecule has 0 spiro atoms. The number of nitriles is 1. The molecule has 0 saturated carbocycles. The second-order valence-electron chi connectivity index (χ2n) is 5.13. The lowest BCUT2D eigenvalue weighted by Crippen LogP contribution is -2.50. The molecule has 1 aliphatic heterocycles. The summed E-state index contributed by atoms with van der Waals surface area (Å²) in [7, 11) is 0. The van der Waals surface area contributed by atoms with Gasteiger partial charge in [-0.3, -0.25) is 10.2 Å². The average molecular weight is 263 g/mol. The van der Waals surface area contributed by atoms with Gasteiger partial charge < -0.3 is 0 Å². The van der Waals surface area contributed by atoms with Crippen molar-refractivity contribution in [1.29, 1.82) is 5.26 Å². The van der Waals surface area contributed by atoms with Crippen molar-refractivity contribution < 1.29 is 13.2 Å². The van der Waals surface area contributed by atoms with E-state index in [1.807, 2.05) is 6.92 Å². The summed E-state index contributed by atoms with van der Waals surface area (Å²) in [6.45, 7) is 5.18. The van der Waals surface area contributed by atoms with Gasteiger partial charge in [0.1, 0.15) is 5.54 Å². The first kappa shape index (κ1) is 15.3. The van der Waals surface area contributed by atoms with Crippen LogP contribution in [0, 0.1) is 17.2 Å². The molecule has 3 nitrogen and oxygen atoms in total. The summed E-state index contributed by atoms with van der Waals surface area (Å²) < 4.78 is 37.6. The average Bonchev–Trinajstić information content (AvgIpc) is 2.74. The van der Waals surface area contributed by atoms with Crippen LogP contribution in [-0.2, 0) is 0 Å². The largest absolute Gasteiger partial charge is 0.393 e. The van der Waals surface area contributed by atoms with E-state index in [1.165, 1.54) is 0 Å². The molecule has 0 radical (unpaired) electrons. The first-order valence-electron chi connectivity index (χ1n) is 6.26. The molecule has 0 amide bonds. The highest BCUT2D eigenvalue weighted by Gasteiger charge is 2.44. The first-order chi connectivity index (χ1) is 8.30. The minimum atomic E-state index is -4.12. The van der Waals surface area contributed by atoms with E-state index in [0.29, 0.717) is 19.6 Å². The lowest BCUT2D eigenvalue weighted by molar-refractivity contribution is -0.170. The second-order valence-corrected chi connectivity index (χ2v) is 5.13. The van der Waals surface area contributed by atoms with E-state index in [9.17, 15) is 13.2 Å². The van der Waals surface area contributed by atoms with Gasteiger partial charge in [0.05, 0.1) is 12.0 Å². The molecule has 6 heteroatoms. The van der Waals surface area contributed by atoms with Crippen molar-refractivity contribution in [3.05, 3.63) is 0 Å². The minimum Gasteiger partial charge on any atom is -0.300 e. The SMILES string of the molecule is CCCNC(C)(C#N)CN1CCC(C(F)(F)F)C1. The van der Waals surface area contributed by atoms with Crippen LogP contribution in [0.5, 0.6) is 0 Å². The Morgan fingerprint density at radius 2 is 2.11 bits per heavy atom. The normalized spacial score (nSPS) is 24.8. The molecule has 0 aromatic heterocycles. The smallest absolute Gasteiger partial charge is 0.300 e. The van der Waals surface area contributed by atoms with Gasteiger partial charge in [-0.25, -0.2) is 0 Å². The highest BCUT2D eigenvalue weighted by atomic mass is 19.4. The molecule has 1 fully saturated rings. The maximum absolute atomic E-state index is 12.5. The fraction of sp³-hybridized carbons (Fsp3) is 0.917. The molecular weight excluding hydrogens is 243 g/mol. The Labute approximate surface area is 106 Å².